The van der Waals surface area contributed by atoms with Gasteiger partial charge in [-0.25, -0.2) is 0 Å². The van der Waals surface area contributed by atoms with Crippen LogP contribution >= 0.6 is 0 Å². The Balaban J connectivity index is 1.96. The topological polar surface area (TPSA) is 56.3 Å². The van der Waals surface area contributed by atoms with E-state index in [1.807, 2.05) is 36.4 Å². The van der Waals surface area contributed by atoms with E-state index >= 15 is 0 Å². The highest BCUT2D eigenvalue weighted by Crippen LogP contribution is 2.40. The van der Waals surface area contributed by atoms with Crippen LogP contribution in [0.3, 0.4) is 0 Å². The normalized spacial score (nSPS) is 13.7. The van der Waals surface area contributed by atoms with E-state index in [-0.39, 0.29) is 10.6 Å². The molecule has 1 heterocycles. The van der Waals surface area contributed by atoms with Crippen LogP contribution in [0.15, 0.2) is 59.0 Å². The Bertz CT molecular complexity index is 921. The van der Waals surface area contributed by atoms with Crippen molar-refractivity contribution in [2.45, 2.75) is 12.8 Å². The van der Waals surface area contributed by atoms with E-state index in [1.165, 1.54) is 6.07 Å². The van der Waals surface area contributed by atoms with Crippen LogP contribution in [0.4, 0.5) is 5.69 Å². The summed E-state index contributed by atoms with van der Waals surface area (Å²) in [5, 5.41) is 12.4. The highest BCUT2D eigenvalue weighted by atomic mass is 16.6. The third-order valence-corrected chi connectivity index (χ3v) is 4.08. The SMILES string of the molecule is O=[N+]([O-])c1ccccc1C1=CCCc2c1oc1ccccc21. The van der Waals surface area contributed by atoms with Crippen LogP contribution in [0.2, 0.25) is 0 Å². The standard InChI is InChI=1S/C18H13NO3/c20-19(21)16-10-3-1-6-12(16)14-8-5-9-15-13-7-2-4-11-17(13)22-18(14)15/h1-4,6-8,10-11H,5,9H2. The molecule has 4 nitrogen and oxygen atoms in total. The van der Waals surface area contributed by atoms with E-state index in [4.69, 9.17) is 4.42 Å². The van der Waals surface area contributed by atoms with Gasteiger partial charge in [-0.05, 0) is 25.0 Å². The molecule has 0 spiro atoms. The van der Waals surface area contributed by atoms with Crippen molar-refractivity contribution in [2.75, 3.05) is 0 Å². The van der Waals surface area contributed by atoms with Gasteiger partial charge in [0.05, 0.1) is 10.5 Å². The van der Waals surface area contributed by atoms with E-state index in [1.54, 1.807) is 12.1 Å². The predicted octanol–water partition coefficient (Wildman–Crippen LogP) is 4.72. The van der Waals surface area contributed by atoms with Crippen molar-refractivity contribution < 1.29 is 9.34 Å². The molecule has 1 aliphatic carbocycles. The molecule has 1 aliphatic rings. The molecule has 4 heteroatoms. The molecule has 0 saturated heterocycles. The maximum atomic E-state index is 11.3. The third kappa shape index (κ3) is 1.84. The number of fused-ring (bicyclic) bond motifs is 3. The smallest absolute Gasteiger partial charge is 0.277 e. The summed E-state index contributed by atoms with van der Waals surface area (Å²) in [5.41, 5.74) is 3.53. The lowest BCUT2D eigenvalue weighted by molar-refractivity contribution is -0.385. The van der Waals surface area contributed by atoms with Crippen LogP contribution in [0.5, 0.6) is 0 Å². The van der Waals surface area contributed by atoms with Crippen LogP contribution in [0.25, 0.3) is 16.5 Å². The molecular formula is C18H13NO3. The van der Waals surface area contributed by atoms with Crippen molar-refractivity contribution in [3.8, 4) is 0 Å². The lowest BCUT2D eigenvalue weighted by Crippen LogP contribution is -2.01. The lowest BCUT2D eigenvalue weighted by Gasteiger charge is -2.13. The lowest BCUT2D eigenvalue weighted by atomic mass is 9.90. The summed E-state index contributed by atoms with van der Waals surface area (Å²) in [6.45, 7) is 0. The first-order valence-electron chi connectivity index (χ1n) is 7.20. The summed E-state index contributed by atoms with van der Waals surface area (Å²) >= 11 is 0. The molecule has 2 aromatic carbocycles. The fraction of sp³-hybridized carbons (Fsp3) is 0.111. The fourth-order valence-electron chi connectivity index (χ4n) is 3.11. The largest absolute Gasteiger partial charge is 0.456 e. The quantitative estimate of drug-likeness (QED) is 0.507. The molecule has 22 heavy (non-hydrogen) atoms. The summed E-state index contributed by atoms with van der Waals surface area (Å²) in [4.78, 5) is 11.0. The van der Waals surface area contributed by atoms with Crippen LogP contribution < -0.4 is 0 Å². The highest BCUT2D eigenvalue weighted by Gasteiger charge is 2.25. The monoisotopic (exact) mass is 291 g/mol. The summed E-state index contributed by atoms with van der Waals surface area (Å²) in [6, 6.07) is 14.7. The van der Waals surface area contributed by atoms with E-state index in [0.29, 0.717) is 5.56 Å². The molecule has 0 bridgehead atoms. The number of nitro benzene ring substituents is 1. The minimum absolute atomic E-state index is 0.113. The van der Waals surface area contributed by atoms with Crippen LogP contribution in [0.1, 0.15) is 23.3 Å². The van der Waals surface area contributed by atoms with Gasteiger partial charge in [0.1, 0.15) is 11.3 Å². The van der Waals surface area contributed by atoms with Crippen LogP contribution in [-0.4, -0.2) is 4.92 Å². The average molecular weight is 291 g/mol. The van der Waals surface area contributed by atoms with Gasteiger partial charge in [0.2, 0.25) is 0 Å². The van der Waals surface area contributed by atoms with Crippen molar-refractivity contribution >= 4 is 22.2 Å². The second-order valence-electron chi connectivity index (χ2n) is 5.34. The zero-order valence-electron chi connectivity index (χ0n) is 11.8. The van der Waals surface area contributed by atoms with E-state index in [2.05, 4.69) is 0 Å². The van der Waals surface area contributed by atoms with Crippen molar-refractivity contribution in [3.05, 3.63) is 81.6 Å². The molecular weight excluding hydrogens is 278 g/mol. The van der Waals surface area contributed by atoms with Crippen molar-refractivity contribution in [1.82, 2.24) is 0 Å². The minimum Gasteiger partial charge on any atom is -0.456 e. The minimum atomic E-state index is -0.340. The molecule has 0 radical (unpaired) electrons. The van der Waals surface area contributed by atoms with E-state index in [9.17, 15) is 10.1 Å². The van der Waals surface area contributed by atoms with Gasteiger partial charge in [0.15, 0.2) is 0 Å². The molecule has 0 atom stereocenters. The molecule has 108 valence electrons. The molecule has 3 aromatic rings. The number of rotatable bonds is 2. The molecule has 4 rings (SSSR count). The first-order chi connectivity index (χ1) is 10.8. The number of aryl methyl sites for hydroxylation is 1. The number of nitro groups is 1. The Labute approximate surface area is 126 Å². The van der Waals surface area contributed by atoms with Gasteiger partial charge in [0.25, 0.3) is 5.69 Å². The summed E-state index contributed by atoms with van der Waals surface area (Å²) in [7, 11) is 0. The van der Waals surface area contributed by atoms with Gasteiger partial charge in [-0.1, -0.05) is 36.4 Å². The number of hydrogen-bond donors (Lipinski definition) is 0. The average Bonchev–Trinajstić information content (AvgIpc) is 2.93. The number of nitrogens with zero attached hydrogens (tertiary/aromatic N) is 1. The number of allylic oxidation sites excluding steroid dienone is 1. The van der Waals surface area contributed by atoms with Gasteiger partial charge < -0.3 is 4.42 Å². The van der Waals surface area contributed by atoms with E-state index in [0.717, 1.165) is 40.7 Å². The second-order valence-corrected chi connectivity index (χ2v) is 5.34. The Kier molecular flexibility index (Phi) is 2.82. The fourth-order valence-corrected chi connectivity index (χ4v) is 3.11. The molecule has 0 fully saturated rings. The Hall–Kier alpha value is -2.88. The number of benzene rings is 2. The molecule has 1 aromatic heterocycles. The number of para-hydroxylation sites is 2. The zero-order valence-corrected chi connectivity index (χ0v) is 11.8. The maximum absolute atomic E-state index is 11.3. The van der Waals surface area contributed by atoms with Crippen LogP contribution in [0, 0.1) is 10.1 Å². The molecule has 0 aliphatic heterocycles. The number of furan rings is 1. The summed E-state index contributed by atoms with van der Waals surface area (Å²) < 4.78 is 6.00. The van der Waals surface area contributed by atoms with Gasteiger partial charge in [-0.3, -0.25) is 10.1 Å². The zero-order chi connectivity index (χ0) is 15.1. The molecule has 0 unspecified atom stereocenters. The molecule has 0 N–H and O–H groups in total. The second kappa shape index (κ2) is 4.84. The molecule has 0 amide bonds. The predicted molar refractivity (Wildman–Crippen MR) is 84.7 cm³/mol. The van der Waals surface area contributed by atoms with E-state index < -0.39 is 0 Å². The summed E-state index contributed by atoms with van der Waals surface area (Å²) in [6.07, 6.45) is 3.79. The van der Waals surface area contributed by atoms with Gasteiger partial charge in [-0.15, -0.1) is 0 Å². The number of hydrogen-bond acceptors (Lipinski definition) is 3. The maximum Gasteiger partial charge on any atom is 0.277 e. The van der Waals surface area contributed by atoms with Crippen molar-refractivity contribution in [3.63, 3.8) is 0 Å². The van der Waals surface area contributed by atoms with Crippen molar-refractivity contribution in [2.24, 2.45) is 0 Å². The Morgan fingerprint density at radius 3 is 2.68 bits per heavy atom. The Morgan fingerprint density at radius 2 is 1.82 bits per heavy atom. The third-order valence-electron chi connectivity index (χ3n) is 4.08. The van der Waals surface area contributed by atoms with Gasteiger partial charge in [-0.2, -0.15) is 0 Å². The summed E-state index contributed by atoms with van der Waals surface area (Å²) in [5.74, 6) is 0.766. The first kappa shape index (κ1) is 12.8. The molecule has 0 saturated carbocycles. The van der Waals surface area contributed by atoms with Gasteiger partial charge >= 0.3 is 0 Å². The first-order valence-corrected chi connectivity index (χ1v) is 7.20. The van der Waals surface area contributed by atoms with Crippen molar-refractivity contribution in [1.29, 1.82) is 0 Å². The van der Waals surface area contributed by atoms with Gasteiger partial charge in [0, 0.05) is 22.6 Å². The van der Waals surface area contributed by atoms with Crippen LogP contribution in [-0.2, 0) is 6.42 Å². The Morgan fingerprint density at radius 1 is 1.05 bits per heavy atom. The highest BCUT2D eigenvalue weighted by molar-refractivity contribution is 5.92.